The highest BCUT2D eigenvalue weighted by atomic mass is 79.9. The van der Waals surface area contributed by atoms with Crippen LogP contribution in [0.1, 0.15) is 43.1 Å². The summed E-state index contributed by atoms with van der Waals surface area (Å²) in [6, 6.07) is 2.38. The quantitative estimate of drug-likeness (QED) is 0.825. The average molecular weight is 264 g/mol. The summed E-state index contributed by atoms with van der Waals surface area (Å²) in [5.74, 6) is 1.47. The molecule has 4 heteroatoms. The van der Waals surface area contributed by atoms with Crippen LogP contribution < -0.4 is 0 Å². The summed E-state index contributed by atoms with van der Waals surface area (Å²) in [6.07, 6.45) is 6.06. The van der Waals surface area contributed by atoms with Crippen molar-refractivity contribution in [3.63, 3.8) is 0 Å². The molecule has 0 unspecified atom stereocenters. The summed E-state index contributed by atoms with van der Waals surface area (Å²) >= 11 is 3.44. The van der Waals surface area contributed by atoms with Gasteiger partial charge in [0.1, 0.15) is 11.2 Å². The normalized spacial score (nSPS) is 22.1. The lowest BCUT2D eigenvalue weighted by Crippen LogP contribution is -2.09. The van der Waals surface area contributed by atoms with Crippen molar-refractivity contribution in [1.82, 2.24) is 9.97 Å². The Bertz CT molecular complexity index is 455. The fourth-order valence-corrected chi connectivity index (χ4v) is 2.35. The van der Waals surface area contributed by atoms with Gasteiger partial charge >= 0.3 is 0 Å². The van der Waals surface area contributed by atoms with Crippen molar-refractivity contribution in [2.45, 2.75) is 37.0 Å². The van der Waals surface area contributed by atoms with Crippen molar-refractivity contribution >= 4 is 15.9 Å². The van der Waals surface area contributed by atoms with Gasteiger partial charge < -0.3 is 0 Å². The monoisotopic (exact) mass is 263 g/mol. The standard InChI is InChI=1S/C11H10BrN3/c12-8-5-14-10(7-1-2-7)15-9(8)11(6-13)3-4-11/h5,7H,1-4H2. The average Bonchev–Trinajstić information content (AvgIpc) is 3.13. The summed E-state index contributed by atoms with van der Waals surface area (Å²) < 4.78 is 0.881. The third-order valence-electron chi connectivity index (χ3n) is 3.12. The maximum atomic E-state index is 9.15. The van der Waals surface area contributed by atoms with Crippen molar-refractivity contribution in [2.75, 3.05) is 0 Å². The van der Waals surface area contributed by atoms with Gasteiger partial charge in [0, 0.05) is 12.1 Å². The maximum Gasteiger partial charge on any atom is 0.131 e. The number of nitrogens with zero attached hydrogens (tertiary/aromatic N) is 3. The molecule has 2 aliphatic rings. The number of hydrogen-bond donors (Lipinski definition) is 0. The van der Waals surface area contributed by atoms with E-state index in [2.05, 4.69) is 32.0 Å². The minimum Gasteiger partial charge on any atom is -0.240 e. The van der Waals surface area contributed by atoms with E-state index in [1.54, 1.807) is 6.20 Å². The molecule has 1 heterocycles. The van der Waals surface area contributed by atoms with Crippen LogP contribution in [-0.4, -0.2) is 9.97 Å². The van der Waals surface area contributed by atoms with E-state index >= 15 is 0 Å². The van der Waals surface area contributed by atoms with Crippen LogP contribution in [0.2, 0.25) is 0 Å². The van der Waals surface area contributed by atoms with Crippen LogP contribution >= 0.6 is 15.9 Å². The molecule has 3 rings (SSSR count). The molecule has 15 heavy (non-hydrogen) atoms. The number of hydrogen-bond acceptors (Lipinski definition) is 3. The van der Waals surface area contributed by atoms with E-state index in [0.29, 0.717) is 5.92 Å². The highest BCUT2D eigenvalue weighted by Crippen LogP contribution is 2.49. The van der Waals surface area contributed by atoms with Gasteiger partial charge in [-0.3, -0.25) is 0 Å². The van der Waals surface area contributed by atoms with Crippen LogP contribution in [0.4, 0.5) is 0 Å². The molecule has 3 nitrogen and oxygen atoms in total. The molecule has 1 aromatic rings. The first-order chi connectivity index (χ1) is 7.25. The molecule has 1 aromatic heterocycles. The van der Waals surface area contributed by atoms with Crippen LogP contribution in [-0.2, 0) is 5.41 Å². The number of aromatic nitrogens is 2. The Morgan fingerprint density at radius 2 is 2.20 bits per heavy atom. The second-order valence-electron chi connectivity index (χ2n) is 4.39. The molecule has 0 aliphatic heterocycles. The Morgan fingerprint density at radius 1 is 1.47 bits per heavy atom. The molecule has 2 fully saturated rings. The van der Waals surface area contributed by atoms with Gasteiger partial charge in [0.25, 0.3) is 0 Å². The number of nitriles is 1. The van der Waals surface area contributed by atoms with Crippen LogP contribution in [0.25, 0.3) is 0 Å². The van der Waals surface area contributed by atoms with Gasteiger partial charge in [0.05, 0.1) is 16.2 Å². The molecule has 2 aliphatic carbocycles. The van der Waals surface area contributed by atoms with Gasteiger partial charge in [-0.15, -0.1) is 0 Å². The van der Waals surface area contributed by atoms with E-state index in [9.17, 15) is 0 Å². The highest BCUT2D eigenvalue weighted by molar-refractivity contribution is 9.10. The molecule has 0 spiro atoms. The summed E-state index contributed by atoms with van der Waals surface area (Å²) in [6.45, 7) is 0. The van der Waals surface area contributed by atoms with Crippen LogP contribution in [0.3, 0.4) is 0 Å². The molecular formula is C11H10BrN3. The van der Waals surface area contributed by atoms with Gasteiger partial charge in [0.15, 0.2) is 0 Å². The Morgan fingerprint density at radius 3 is 2.73 bits per heavy atom. The minimum atomic E-state index is -0.314. The van der Waals surface area contributed by atoms with E-state index < -0.39 is 0 Å². The van der Waals surface area contributed by atoms with Gasteiger partial charge in [-0.05, 0) is 41.6 Å². The predicted molar refractivity (Wildman–Crippen MR) is 58.2 cm³/mol. The van der Waals surface area contributed by atoms with Gasteiger partial charge in [-0.25, -0.2) is 9.97 Å². The Hall–Kier alpha value is -0.950. The summed E-state index contributed by atoms with van der Waals surface area (Å²) in [5.41, 5.74) is 0.590. The van der Waals surface area contributed by atoms with E-state index in [4.69, 9.17) is 5.26 Å². The lowest BCUT2D eigenvalue weighted by Gasteiger charge is -2.08. The highest BCUT2D eigenvalue weighted by Gasteiger charge is 2.48. The Labute approximate surface area is 96.7 Å². The van der Waals surface area contributed by atoms with E-state index in [1.807, 2.05) is 0 Å². The smallest absolute Gasteiger partial charge is 0.131 e. The van der Waals surface area contributed by atoms with E-state index in [0.717, 1.165) is 28.8 Å². The third kappa shape index (κ3) is 1.46. The molecule has 0 bridgehead atoms. The molecule has 0 atom stereocenters. The summed E-state index contributed by atoms with van der Waals surface area (Å²) in [7, 11) is 0. The summed E-state index contributed by atoms with van der Waals surface area (Å²) in [5, 5.41) is 9.15. The lowest BCUT2D eigenvalue weighted by molar-refractivity contribution is 0.793. The molecule has 2 saturated carbocycles. The molecule has 76 valence electrons. The molecule has 0 N–H and O–H groups in total. The predicted octanol–water partition coefficient (Wildman–Crippen LogP) is 2.67. The SMILES string of the molecule is N#CC1(c2nc(C3CC3)ncc2Br)CC1. The Kier molecular flexibility index (Phi) is 1.87. The first-order valence-electron chi connectivity index (χ1n) is 5.19. The number of rotatable bonds is 2. The van der Waals surface area contributed by atoms with E-state index in [-0.39, 0.29) is 5.41 Å². The zero-order valence-electron chi connectivity index (χ0n) is 8.20. The fourth-order valence-electron chi connectivity index (χ4n) is 1.78. The molecule has 0 aromatic carbocycles. The van der Waals surface area contributed by atoms with Crippen LogP contribution in [0, 0.1) is 11.3 Å². The van der Waals surface area contributed by atoms with Crippen LogP contribution in [0.15, 0.2) is 10.7 Å². The van der Waals surface area contributed by atoms with Crippen molar-refractivity contribution in [3.8, 4) is 6.07 Å². The zero-order chi connectivity index (χ0) is 10.5. The van der Waals surface area contributed by atoms with Gasteiger partial charge in [0.2, 0.25) is 0 Å². The molecule has 0 amide bonds. The van der Waals surface area contributed by atoms with Crippen molar-refractivity contribution in [2.24, 2.45) is 0 Å². The summed E-state index contributed by atoms with van der Waals surface area (Å²) in [4.78, 5) is 8.87. The lowest BCUT2D eigenvalue weighted by atomic mass is 10.0. The van der Waals surface area contributed by atoms with Crippen molar-refractivity contribution in [1.29, 1.82) is 5.26 Å². The first kappa shape index (κ1) is 9.29. The number of halogens is 1. The topological polar surface area (TPSA) is 49.6 Å². The van der Waals surface area contributed by atoms with E-state index in [1.165, 1.54) is 12.8 Å². The fraction of sp³-hybridized carbons (Fsp3) is 0.545. The minimum absolute atomic E-state index is 0.314. The third-order valence-corrected chi connectivity index (χ3v) is 3.70. The molecule has 0 radical (unpaired) electrons. The second kappa shape index (κ2) is 3.02. The zero-order valence-corrected chi connectivity index (χ0v) is 9.79. The Balaban J connectivity index is 2.06. The first-order valence-corrected chi connectivity index (χ1v) is 5.99. The van der Waals surface area contributed by atoms with Gasteiger partial charge in [-0.1, -0.05) is 0 Å². The largest absolute Gasteiger partial charge is 0.240 e. The maximum absolute atomic E-state index is 9.15. The van der Waals surface area contributed by atoms with Crippen LogP contribution in [0.5, 0.6) is 0 Å². The van der Waals surface area contributed by atoms with Gasteiger partial charge in [-0.2, -0.15) is 5.26 Å². The molecule has 0 saturated heterocycles. The molecular weight excluding hydrogens is 254 g/mol. The van der Waals surface area contributed by atoms with Crippen molar-refractivity contribution in [3.05, 3.63) is 22.2 Å². The van der Waals surface area contributed by atoms with Crippen molar-refractivity contribution < 1.29 is 0 Å². The second-order valence-corrected chi connectivity index (χ2v) is 5.25.